The topological polar surface area (TPSA) is 92.3 Å². The zero-order chi connectivity index (χ0) is 24.4. The Kier molecular flexibility index (Phi) is 7.83. The van der Waals surface area contributed by atoms with Gasteiger partial charge in [0, 0.05) is 12.3 Å². The van der Waals surface area contributed by atoms with Crippen LogP contribution in [0.3, 0.4) is 0 Å². The van der Waals surface area contributed by atoms with Gasteiger partial charge in [-0.25, -0.2) is 14.5 Å². The van der Waals surface area contributed by atoms with E-state index >= 15 is 0 Å². The molecular weight excluding hydrogens is 436 g/mol. The van der Waals surface area contributed by atoms with Crippen LogP contribution in [0.15, 0.2) is 16.9 Å². The van der Waals surface area contributed by atoms with E-state index in [1.54, 1.807) is 4.68 Å². The minimum atomic E-state index is -1.81. The molecule has 0 saturated heterocycles. The van der Waals surface area contributed by atoms with Gasteiger partial charge in [0.2, 0.25) is 5.89 Å². The van der Waals surface area contributed by atoms with Crippen molar-refractivity contribution >= 4 is 14.3 Å². The summed E-state index contributed by atoms with van der Waals surface area (Å²) < 4.78 is 18.6. The summed E-state index contributed by atoms with van der Waals surface area (Å²) in [5.41, 5.74) is 1.12. The fraction of sp³-hybridized carbons (Fsp3) is 0.750. The molecule has 0 aliphatic heterocycles. The number of oxazole rings is 1. The van der Waals surface area contributed by atoms with E-state index in [1.807, 2.05) is 6.20 Å². The van der Waals surface area contributed by atoms with Crippen molar-refractivity contribution in [3.63, 3.8) is 0 Å². The van der Waals surface area contributed by atoms with Crippen molar-refractivity contribution in [1.29, 1.82) is 0 Å². The van der Waals surface area contributed by atoms with Gasteiger partial charge in [-0.3, -0.25) is 0 Å². The lowest BCUT2D eigenvalue weighted by Crippen LogP contribution is -2.46. The van der Waals surface area contributed by atoms with Crippen molar-refractivity contribution in [3.05, 3.63) is 29.7 Å². The highest BCUT2D eigenvalue weighted by Gasteiger charge is 2.41. The number of aromatic nitrogens is 4. The molecule has 0 N–H and O–H groups in total. The summed E-state index contributed by atoms with van der Waals surface area (Å²) in [6.45, 7) is 16.6. The third-order valence-corrected chi connectivity index (χ3v) is 11.9. The summed E-state index contributed by atoms with van der Waals surface area (Å²) in [7, 11) is -0.492. The van der Waals surface area contributed by atoms with Crippen LogP contribution < -0.4 is 0 Å². The molecule has 9 heteroatoms. The Labute approximate surface area is 198 Å². The summed E-state index contributed by atoms with van der Waals surface area (Å²) in [5.74, 6) is 1.71. The number of carbonyl (C=O) groups excluding carboxylic acids is 1. The second kappa shape index (κ2) is 10.1. The molecule has 184 valence electrons. The van der Waals surface area contributed by atoms with Crippen molar-refractivity contribution in [1.82, 2.24) is 20.0 Å². The Hall–Kier alpha value is -2.00. The second-order valence-corrected chi connectivity index (χ2v) is 16.1. The van der Waals surface area contributed by atoms with Crippen LogP contribution in [0.5, 0.6) is 0 Å². The number of carbonyl (C=O) groups is 1. The van der Waals surface area contributed by atoms with E-state index in [0.29, 0.717) is 36.3 Å². The molecule has 3 unspecified atom stereocenters. The van der Waals surface area contributed by atoms with E-state index in [4.69, 9.17) is 8.84 Å². The SMILES string of the molecule is COC(=O)c1coc(Cn2cc(CC3CC(O[Si](C)(C)C(C)(C)C)CC(C(C)C)C3)nn2)n1. The summed E-state index contributed by atoms with van der Waals surface area (Å²) in [4.78, 5) is 15.7. The van der Waals surface area contributed by atoms with E-state index in [0.717, 1.165) is 25.0 Å². The molecule has 0 amide bonds. The zero-order valence-corrected chi connectivity index (χ0v) is 22.4. The van der Waals surface area contributed by atoms with Gasteiger partial charge in [0.05, 0.1) is 12.8 Å². The minimum absolute atomic E-state index is 0.155. The van der Waals surface area contributed by atoms with Crippen LogP contribution >= 0.6 is 0 Å². The van der Waals surface area contributed by atoms with E-state index in [2.05, 4.69) is 67.7 Å². The summed E-state index contributed by atoms with van der Waals surface area (Å²) >= 11 is 0. The van der Waals surface area contributed by atoms with Crippen LogP contribution in [0.4, 0.5) is 0 Å². The summed E-state index contributed by atoms with van der Waals surface area (Å²) in [6, 6.07) is 0. The molecular formula is C24H40N4O4Si. The van der Waals surface area contributed by atoms with Gasteiger partial charge in [-0.05, 0) is 61.6 Å². The highest BCUT2D eigenvalue weighted by molar-refractivity contribution is 6.74. The van der Waals surface area contributed by atoms with Gasteiger partial charge in [-0.2, -0.15) is 0 Å². The van der Waals surface area contributed by atoms with Crippen molar-refractivity contribution in [3.8, 4) is 0 Å². The van der Waals surface area contributed by atoms with E-state index in [9.17, 15) is 4.79 Å². The maximum atomic E-state index is 11.6. The van der Waals surface area contributed by atoms with Crippen molar-refractivity contribution in [2.75, 3.05) is 7.11 Å². The van der Waals surface area contributed by atoms with Gasteiger partial charge in [-0.15, -0.1) is 5.10 Å². The lowest BCUT2D eigenvalue weighted by atomic mass is 9.73. The molecule has 1 aliphatic carbocycles. The van der Waals surface area contributed by atoms with Crippen LogP contribution in [0.25, 0.3) is 0 Å². The predicted molar refractivity (Wildman–Crippen MR) is 128 cm³/mol. The number of rotatable bonds is 8. The van der Waals surface area contributed by atoms with Gasteiger partial charge >= 0.3 is 5.97 Å². The Morgan fingerprint density at radius 2 is 2.00 bits per heavy atom. The number of hydrogen-bond acceptors (Lipinski definition) is 7. The van der Waals surface area contributed by atoms with Crippen LogP contribution in [0, 0.1) is 17.8 Å². The molecule has 0 radical (unpaired) electrons. The summed E-state index contributed by atoms with van der Waals surface area (Å²) in [6.07, 6.45) is 7.88. The Balaban J connectivity index is 1.64. The van der Waals surface area contributed by atoms with E-state index < -0.39 is 14.3 Å². The number of esters is 1. The molecule has 1 fully saturated rings. The van der Waals surface area contributed by atoms with Gasteiger partial charge in [0.1, 0.15) is 12.8 Å². The Morgan fingerprint density at radius 1 is 1.27 bits per heavy atom. The molecule has 3 atom stereocenters. The van der Waals surface area contributed by atoms with Crippen molar-refractivity contribution in [2.45, 2.75) is 91.1 Å². The monoisotopic (exact) mass is 476 g/mol. The van der Waals surface area contributed by atoms with Crippen LogP contribution in [-0.4, -0.2) is 47.5 Å². The average molecular weight is 477 g/mol. The van der Waals surface area contributed by atoms with Gasteiger partial charge < -0.3 is 13.6 Å². The molecule has 2 heterocycles. The highest BCUT2D eigenvalue weighted by atomic mass is 28.4. The Bertz CT molecular complexity index is 931. The highest BCUT2D eigenvalue weighted by Crippen LogP contribution is 2.42. The van der Waals surface area contributed by atoms with Gasteiger partial charge in [0.15, 0.2) is 14.0 Å². The first kappa shape index (κ1) is 25.6. The molecule has 0 bridgehead atoms. The lowest BCUT2D eigenvalue weighted by molar-refractivity contribution is 0.0593. The molecule has 8 nitrogen and oxygen atoms in total. The second-order valence-electron chi connectivity index (χ2n) is 11.3. The third kappa shape index (κ3) is 6.53. The molecule has 33 heavy (non-hydrogen) atoms. The summed E-state index contributed by atoms with van der Waals surface area (Å²) in [5, 5.41) is 8.85. The lowest BCUT2D eigenvalue weighted by Gasteiger charge is -2.44. The molecule has 2 aromatic rings. The fourth-order valence-corrected chi connectivity index (χ4v) is 5.73. The van der Waals surface area contributed by atoms with Gasteiger partial charge in [-0.1, -0.05) is 39.8 Å². The largest absolute Gasteiger partial charge is 0.464 e. The predicted octanol–water partition coefficient (Wildman–Crippen LogP) is 5.11. The molecule has 1 aliphatic rings. The molecule has 2 aromatic heterocycles. The standard InChI is InChI=1S/C24H40N4O4Si/c1-16(2)18-9-17(11-20(12-18)32-33(7,8)24(3,4)5)10-19-13-28(27-26-19)14-22-25-21(15-31-22)23(29)30-6/h13,15-18,20H,9-12,14H2,1-8H3. The molecule has 0 spiro atoms. The first-order valence-corrected chi connectivity index (χ1v) is 14.9. The Morgan fingerprint density at radius 3 is 2.64 bits per heavy atom. The number of ether oxygens (including phenoxy) is 1. The van der Waals surface area contributed by atoms with Crippen molar-refractivity contribution < 1.29 is 18.4 Å². The van der Waals surface area contributed by atoms with E-state index in [1.165, 1.54) is 19.8 Å². The quantitative estimate of drug-likeness (QED) is 0.386. The zero-order valence-electron chi connectivity index (χ0n) is 21.4. The number of nitrogens with zero attached hydrogens (tertiary/aromatic N) is 4. The molecule has 3 rings (SSSR count). The normalized spacial score (nSPS) is 22.0. The van der Waals surface area contributed by atoms with E-state index in [-0.39, 0.29) is 10.7 Å². The average Bonchev–Trinajstić information content (AvgIpc) is 3.36. The van der Waals surface area contributed by atoms with Crippen LogP contribution in [-0.2, 0) is 22.1 Å². The van der Waals surface area contributed by atoms with Gasteiger partial charge in [0.25, 0.3) is 0 Å². The fourth-order valence-electron chi connectivity index (χ4n) is 4.35. The smallest absolute Gasteiger partial charge is 0.360 e. The minimum Gasteiger partial charge on any atom is -0.464 e. The first-order chi connectivity index (χ1) is 15.4. The maximum absolute atomic E-state index is 11.6. The van der Waals surface area contributed by atoms with Crippen LogP contribution in [0.2, 0.25) is 18.1 Å². The van der Waals surface area contributed by atoms with Crippen LogP contribution in [0.1, 0.15) is 76.0 Å². The maximum Gasteiger partial charge on any atom is 0.360 e. The molecule has 1 saturated carbocycles. The number of hydrogen-bond donors (Lipinski definition) is 0. The first-order valence-electron chi connectivity index (χ1n) is 12.0. The van der Waals surface area contributed by atoms with Crippen molar-refractivity contribution in [2.24, 2.45) is 17.8 Å². The third-order valence-electron chi connectivity index (χ3n) is 7.34. The number of methoxy groups -OCH3 is 1. The molecule has 0 aromatic carbocycles.